The van der Waals surface area contributed by atoms with Gasteiger partial charge in [0.05, 0.1) is 9.89 Å². The van der Waals surface area contributed by atoms with E-state index in [0.29, 0.717) is 12.8 Å². The summed E-state index contributed by atoms with van der Waals surface area (Å²) in [7, 11) is 0. The molecule has 0 bridgehead atoms. The molecule has 19 heavy (non-hydrogen) atoms. The van der Waals surface area contributed by atoms with Crippen molar-refractivity contribution in [2.45, 2.75) is 44.4 Å². The minimum atomic E-state index is -1.17. The quantitative estimate of drug-likeness (QED) is 0.864. The standard InChI is InChI=1S/C14H16BrFO3/c1-8-10(16)7-9(15)12(17)11(8)14(13(18)19)5-3-2-4-6-14/h7,17H,2-6H2,1H3,(H,18,19). The number of carboxylic acid groups (broad SMARTS) is 1. The maximum absolute atomic E-state index is 13.9. The van der Waals surface area contributed by atoms with Crippen LogP contribution in [0.2, 0.25) is 0 Å². The average molecular weight is 331 g/mol. The van der Waals surface area contributed by atoms with Gasteiger partial charge in [-0.3, -0.25) is 4.79 Å². The fraction of sp³-hybridized carbons (Fsp3) is 0.500. The molecular formula is C14H16BrFO3. The molecule has 0 unspecified atom stereocenters. The summed E-state index contributed by atoms with van der Waals surface area (Å²) in [6, 6.07) is 1.17. The maximum Gasteiger partial charge on any atom is 0.314 e. The lowest BCUT2D eigenvalue weighted by Crippen LogP contribution is -2.38. The minimum Gasteiger partial charge on any atom is -0.506 e. The molecule has 1 fully saturated rings. The maximum atomic E-state index is 13.9. The molecule has 1 saturated carbocycles. The molecule has 3 nitrogen and oxygen atoms in total. The molecule has 0 radical (unpaired) electrons. The number of carbonyl (C=O) groups is 1. The van der Waals surface area contributed by atoms with Crippen LogP contribution in [0.3, 0.4) is 0 Å². The number of benzene rings is 1. The number of phenolic OH excluding ortho intramolecular Hbond substituents is 1. The highest BCUT2D eigenvalue weighted by Gasteiger charge is 2.45. The normalized spacial score (nSPS) is 18.3. The Kier molecular flexibility index (Phi) is 3.85. The molecule has 1 aliphatic carbocycles. The molecule has 0 amide bonds. The summed E-state index contributed by atoms with van der Waals surface area (Å²) in [6.45, 7) is 1.52. The molecule has 0 spiro atoms. The van der Waals surface area contributed by atoms with Crippen molar-refractivity contribution < 1.29 is 19.4 Å². The lowest BCUT2D eigenvalue weighted by Gasteiger charge is -2.35. The third-order valence-corrected chi connectivity index (χ3v) is 4.65. The van der Waals surface area contributed by atoms with Crippen LogP contribution in [0.25, 0.3) is 0 Å². The van der Waals surface area contributed by atoms with E-state index in [9.17, 15) is 19.4 Å². The van der Waals surface area contributed by atoms with Crippen molar-refractivity contribution in [2.75, 3.05) is 0 Å². The Hall–Kier alpha value is -1.10. The summed E-state index contributed by atoms with van der Waals surface area (Å²) in [5.74, 6) is -1.63. The highest BCUT2D eigenvalue weighted by molar-refractivity contribution is 9.10. The average Bonchev–Trinajstić information content (AvgIpc) is 2.37. The molecule has 1 aromatic rings. The van der Waals surface area contributed by atoms with Crippen molar-refractivity contribution in [3.8, 4) is 5.75 Å². The van der Waals surface area contributed by atoms with E-state index in [-0.39, 0.29) is 21.3 Å². The fourth-order valence-corrected chi connectivity index (χ4v) is 3.42. The van der Waals surface area contributed by atoms with E-state index >= 15 is 0 Å². The van der Waals surface area contributed by atoms with Crippen LogP contribution in [0.4, 0.5) is 4.39 Å². The Bertz CT molecular complexity index is 496. The minimum absolute atomic E-state index is 0.150. The SMILES string of the molecule is Cc1c(F)cc(Br)c(O)c1C1(C(=O)O)CCCCC1. The highest BCUT2D eigenvalue weighted by atomic mass is 79.9. The van der Waals surface area contributed by atoms with Gasteiger partial charge < -0.3 is 10.2 Å². The molecule has 0 aliphatic heterocycles. The van der Waals surface area contributed by atoms with Gasteiger partial charge in [0.25, 0.3) is 0 Å². The van der Waals surface area contributed by atoms with Crippen LogP contribution in [-0.4, -0.2) is 16.2 Å². The molecule has 0 atom stereocenters. The van der Waals surface area contributed by atoms with Crippen LogP contribution in [0.1, 0.15) is 43.2 Å². The van der Waals surface area contributed by atoms with E-state index in [0.717, 1.165) is 19.3 Å². The van der Waals surface area contributed by atoms with Crippen molar-refractivity contribution in [1.29, 1.82) is 0 Å². The smallest absolute Gasteiger partial charge is 0.314 e. The lowest BCUT2D eigenvalue weighted by atomic mass is 9.68. The zero-order valence-electron chi connectivity index (χ0n) is 10.7. The number of phenols is 1. The Balaban J connectivity index is 2.70. The first-order chi connectivity index (χ1) is 8.90. The Morgan fingerprint density at radius 1 is 1.37 bits per heavy atom. The summed E-state index contributed by atoms with van der Waals surface area (Å²) in [5.41, 5.74) is -0.714. The Morgan fingerprint density at radius 2 is 1.95 bits per heavy atom. The van der Waals surface area contributed by atoms with Gasteiger partial charge in [-0.1, -0.05) is 19.3 Å². The molecule has 104 valence electrons. The summed E-state index contributed by atoms with van der Waals surface area (Å²) < 4.78 is 14.1. The number of halogens is 2. The summed E-state index contributed by atoms with van der Waals surface area (Å²) in [4.78, 5) is 11.8. The fourth-order valence-electron chi connectivity index (χ4n) is 3.02. The molecular weight excluding hydrogens is 315 g/mol. The van der Waals surface area contributed by atoms with Crippen LogP contribution in [0.15, 0.2) is 10.5 Å². The van der Waals surface area contributed by atoms with E-state index in [4.69, 9.17) is 0 Å². The molecule has 0 heterocycles. The molecule has 0 aromatic heterocycles. The molecule has 2 rings (SSSR count). The summed E-state index contributed by atoms with van der Waals surface area (Å²) >= 11 is 3.09. The van der Waals surface area contributed by atoms with Crippen molar-refractivity contribution in [1.82, 2.24) is 0 Å². The second-order valence-electron chi connectivity index (χ2n) is 5.14. The van der Waals surface area contributed by atoms with Crippen LogP contribution < -0.4 is 0 Å². The Morgan fingerprint density at radius 3 is 2.47 bits per heavy atom. The van der Waals surface area contributed by atoms with Crippen molar-refractivity contribution >= 4 is 21.9 Å². The number of hydrogen-bond donors (Lipinski definition) is 2. The second-order valence-corrected chi connectivity index (χ2v) is 5.99. The van der Waals surface area contributed by atoms with Crippen LogP contribution >= 0.6 is 15.9 Å². The molecule has 5 heteroatoms. The van der Waals surface area contributed by atoms with Gasteiger partial charge in [-0.2, -0.15) is 0 Å². The molecule has 0 saturated heterocycles. The third-order valence-electron chi connectivity index (χ3n) is 4.04. The van der Waals surface area contributed by atoms with E-state index in [1.165, 1.54) is 13.0 Å². The van der Waals surface area contributed by atoms with E-state index in [1.807, 2.05) is 0 Å². The van der Waals surface area contributed by atoms with Crippen molar-refractivity contribution in [3.05, 3.63) is 27.5 Å². The highest BCUT2D eigenvalue weighted by Crippen LogP contribution is 2.47. The molecule has 1 aromatic carbocycles. The van der Waals surface area contributed by atoms with Crippen molar-refractivity contribution in [3.63, 3.8) is 0 Å². The monoisotopic (exact) mass is 330 g/mol. The first-order valence-electron chi connectivity index (χ1n) is 6.31. The van der Waals surface area contributed by atoms with Gasteiger partial charge in [0.1, 0.15) is 11.6 Å². The van der Waals surface area contributed by atoms with Gasteiger partial charge in [-0.05, 0) is 47.3 Å². The van der Waals surface area contributed by atoms with E-state index < -0.39 is 17.2 Å². The van der Waals surface area contributed by atoms with Gasteiger partial charge in [0.2, 0.25) is 0 Å². The van der Waals surface area contributed by atoms with Crippen molar-refractivity contribution in [2.24, 2.45) is 0 Å². The number of hydrogen-bond acceptors (Lipinski definition) is 2. The predicted molar refractivity (Wildman–Crippen MR) is 72.9 cm³/mol. The van der Waals surface area contributed by atoms with E-state index in [1.54, 1.807) is 0 Å². The summed E-state index contributed by atoms with van der Waals surface area (Å²) in [5, 5.41) is 19.8. The molecule has 1 aliphatic rings. The lowest BCUT2D eigenvalue weighted by molar-refractivity contribution is -0.145. The van der Waals surface area contributed by atoms with Crippen LogP contribution in [-0.2, 0) is 10.2 Å². The van der Waals surface area contributed by atoms with Crippen LogP contribution in [0.5, 0.6) is 5.75 Å². The first kappa shape index (κ1) is 14.3. The van der Waals surface area contributed by atoms with Gasteiger partial charge in [0, 0.05) is 5.56 Å². The summed E-state index contributed by atoms with van der Waals surface area (Å²) in [6.07, 6.45) is 3.41. The largest absolute Gasteiger partial charge is 0.506 e. The van der Waals surface area contributed by atoms with Crippen LogP contribution in [0, 0.1) is 12.7 Å². The third kappa shape index (κ3) is 2.24. The zero-order chi connectivity index (χ0) is 14.2. The van der Waals surface area contributed by atoms with E-state index in [2.05, 4.69) is 15.9 Å². The number of rotatable bonds is 2. The topological polar surface area (TPSA) is 57.5 Å². The van der Waals surface area contributed by atoms with Gasteiger partial charge in [-0.15, -0.1) is 0 Å². The molecule has 2 N–H and O–H groups in total. The Labute approximate surface area is 119 Å². The van der Waals surface area contributed by atoms with Gasteiger partial charge in [0.15, 0.2) is 0 Å². The zero-order valence-corrected chi connectivity index (χ0v) is 12.3. The number of aliphatic carboxylic acids is 1. The first-order valence-corrected chi connectivity index (χ1v) is 7.11. The number of aromatic hydroxyl groups is 1. The van der Waals surface area contributed by atoms with Gasteiger partial charge >= 0.3 is 5.97 Å². The number of carboxylic acids is 1. The second kappa shape index (κ2) is 5.12. The predicted octanol–water partition coefficient (Wildman–Crippen LogP) is 3.89. The van der Waals surface area contributed by atoms with Gasteiger partial charge in [-0.25, -0.2) is 4.39 Å².